The van der Waals surface area contributed by atoms with Crippen LogP contribution < -0.4 is 0 Å². The monoisotopic (exact) mass is 312 g/mol. The van der Waals surface area contributed by atoms with Crippen molar-refractivity contribution in [1.82, 2.24) is 0 Å². The highest BCUT2D eigenvalue weighted by molar-refractivity contribution is 5.87. The number of carboxylic acid groups (broad SMARTS) is 2. The van der Waals surface area contributed by atoms with E-state index in [1.807, 2.05) is 41.5 Å². The van der Waals surface area contributed by atoms with Gasteiger partial charge in [0, 0.05) is 0 Å². The summed E-state index contributed by atoms with van der Waals surface area (Å²) >= 11 is 0. The molecule has 0 saturated heterocycles. The number of hydrogen-bond acceptors (Lipinski definition) is 2. The molecule has 2 N–H and O–H groups in total. The molecule has 2 atom stereocenters. The van der Waals surface area contributed by atoms with E-state index in [0.29, 0.717) is 25.7 Å². The molecule has 128 valence electrons. The molecule has 0 bridgehead atoms. The van der Waals surface area contributed by atoms with Gasteiger partial charge >= 0.3 is 11.9 Å². The Kier molecular flexibility index (Phi) is 5.06. The number of aliphatic carboxylic acids is 2. The largest absolute Gasteiger partial charge is 0.481 e. The molecule has 0 heterocycles. The fourth-order valence-corrected chi connectivity index (χ4v) is 4.43. The van der Waals surface area contributed by atoms with E-state index in [4.69, 9.17) is 0 Å². The van der Waals surface area contributed by atoms with Crippen LogP contribution in [0.25, 0.3) is 0 Å². The van der Waals surface area contributed by atoms with Gasteiger partial charge in [-0.05, 0) is 36.5 Å². The van der Waals surface area contributed by atoms with E-state index in [0.717, 1.165) is 12.8 Å². The predicted molar refractivity (Wildman–Crippen MR) is 86.7 cm³/mol. The topological polar surface area (TPSA) is 74.6 Å². The highest BCUT2D eigenvalue weighted by Gasteiger charge is 2.63. The Labute approximate surface area is 134 Å². The Hall–Kier alpha value is -1.06. The van der Waals surface area contributed by atoms with Crippen molar-refractivity contribution >= 4 is 11.9 Å². The molecule has 1 rings (SSSR count). The first-order valence-corrected chi connectivity index (χ1v) is 8.23. The van der Waals surface area contributed by atoms with Crippen LogP contribution in [0.1, 0.15) is 80.1 Å². The minimum Gasteiger partial charge on any atom is -0.481 e. The molecule has 0 aromatic carbocycles. The average Bonchev–Trinajstić information content (AvgIpc) is 2.27. The van der Waals surface area contributed by atoms with E-state index in [-0.39, 0.29) is 10.8 Å². The molecule has 0 aromatic heterocycles. The van der Waals surface area contributed by atoms with Gasteiger partial charge in [0.15, 0.2) is 0 Å². The first-order valence-electron chi connectivity index (χ1n) is 8.23. The van der Waals surface area contributed by atoms with Crippen LogP contribution in [0.5, 0.6) is 0 Å². The third kappa shape index (κ3) is 3.64. The first kappa shape index (κ1) is 19.0. The zero-order chi connectivity index (χ0) is 17.4. The van der Waals surface area contributed by atoms with E-state index < -0.39 is 22.8 Å². The van der Waals surface area contributed by atoms with Crippen LogP contribution in [0, 0.1) is 21.7 Å². The second-order valence-corrected chi connectivity index (χ2v) is 9.46. The standard InChI is InChI=1S/C18H32O4/c1-15(2,3)11-17(13(19)20)9-7-8-10-18(17,14(21)22)12-16(4,5)6/h7-12H2,1-6H3,(H,19,20)(H,21,22). The molecule has 1 aliphatic rings. The van der Waals surface area contributed by atoms with Gasteiger partial charge in [-0.25, -0.2) is 0 Å². The lowest BCUT2D eigenvalue weighted by atomic mass is 9.48. The van der Waals surface area contributed by atoms with E-state index in [2.05, 4.69) is 0 Å². The summed E-state index contributed by atoms with van der Waals surface area (Å²) in [6.07, 6.45) is 3.31. The normalized spacial score (nSPS) is 30.1. The van der Waals surface area contributed by atoms with Gasteiger partial charge in [0.1, 0.15) is 0 Å². The molecule has 0 radical (unpaired) electrons. The quantitative estimate of drug-likeness (QED) is 0.797. The zero-order valence-electron chi connectivity index (χ0n) is 15.0. The van der Waals surface area contributed by atoms with Crippen molar-refractivity contribution < 1.29 is 19.8 Å². The van der Waals surface area contributed by atoms with Gasteiger partial charge in [0.05, 0.1) is 10.8 Å². The fraction of sp³-hybridized carbons (Fsp3) is 0.889. The average molecular weight is 312 g/mol. The summed E-state index contributed by atoms with van der Waals surface area (Å²) in [5.74, 6) is -1.87. The van der Waals surface area contributed by atoms with Crippen LogP contribution in [-0.4, -0.2) is 22.2 Å². The smallest absolute Gasteiger partial charge is 0.310 e. The van der Waals surface area contributed by atoms with Crippen LogP contribution in [0.2, 0.25) is 0 Å². The summed E-state index contributed by atoms with van der Waals surface area (Å²) in [5.41, 5.74) is -2.81. The minimum absolute atomic E-state index is 0.228. The highest BCUT2D eigenvalue weighted by atomic mass is 16.4. The highest BCUT2D eigenvalue weighted by Crippen LogP contribution is 2.60. The molecule has 1 saturated carbocycles. The van der Waals surface area contributed by atoms with Gasteiger partial charge in [-0.3, -0.25) is 9.59 Å². The molecule has 22 heavy (non-hydrogen) atoms. The van der Waals surface area contributed by atoms with Crippen LogP contribution in [-0.2, 0) is 9.59 Å². The third-order valence-corrected chi connectivity index (χ3v) is 4.86. The maximum Gasteiger partial charge on any atom is 0.310 e. The molecule has 2 unspecified atom stereocenters. The van der Waals surface area contributed by atoms with Crippen molar-refractivity contribution in [3.05, 3.63) is 0 Å². The molecule has 0 aliphatic heterocycles. The van der Waals surface area contributed by atoms with Crippen molar-refractivity contribution in [2.75, 3.05) is 0 Å². The predicted octanol–water partition coefficient (Wildman–Crippen LogP) is 4.57. The first-order chi connectivity index (χ1) is 9.76. The van der Waals surface area contributed by atoms with E-state index >= 15 is 0 Å². The lowest BCUT2D eigenvalue weighted by molar-refractivity contribution is -0.187. The van der Waals surface area contributed by atoms with E-state index in [1.165, 1.54) is 0 Å². The number of carbonyl (C=O) groups is 2. The van der Waals surface area contributed by atoms with E-state index in [9.17, 15) is 19.8 Å². The Morgan fingerprint density at radius 1 is 0.773 bits per heavy atom. The molecule has 0 aromatic rings. The van der Waals surface area contributed by atoms with Gasteiger partial charge in [-0.15, -0.1) is 0 Å². The molecule has 1 fully saturated rings. The fourth-order valence-electron chi connectivity index (χ4n) is 4.43. The Morgan fingerprint density at radius 2 is 1.05 bits per heavy atom. The lowest BCUT2D eigenvalue weighted by Gasteiger charge is -2.52. The third-order valence-electron chi connectivity index (χ3n) is 4.86. The maximum atomic E-state index is 12.3. The summed E-state index contributed by atoms with van der Waals surface area (Å²) in [7, 11) is 0. The number of hydrogen-bond donors (Lipinski definition) is 2. The van der Waals surface area contributed by atoms with E-state index in [1.54, 1.807) is 0 Å². The Bertz CT molecular complexity index is 399. The SMILES string of the molecule is CC(C)(C)CC1(C(=O)O)CCCCC1(CC(C)(C)C)C(=O)O. The molecular formula is C18H32O4. The maximum absolute atomic E-state index is 12.3. The minimum atomic E-state index is -1.18. The van der Waals surface area contributed by atoms with Gasteiger partial charge < -0.3 is 10.2 Å². The molecule has 1 aliphatic carbocycles. The van der Waals surface area contributed by atoms with Crippen molar-refractivity contribution in [3.63, 3.8) is 0 Å². The second-order valence-electron chi connectivity index (χ2n) is 9.46. The molecular weight excluding hydrogens is 280 g/mol. The van der Waals surface area contributed by atoms with Crippen molar-refractivity contribution in [3.8, 4) is 0 Å². The number of carboxylic acids is 2. The Morgan fingerprint density at radius 3 is 1.23 bits per heavy atom. The van der Waals surface area contributed by atoms with Crippen molar-refractivity contribution in [2.45, 2.75) is 80.1 Å². The van der Waals surface area contributed by atoms with Gasteiger partial charge in [0.2, 0.25) is 0 Å². The van der Waals surface area contributed by atoms with Crippen LogP contribution in [0.15, 0.2) is 0 Å². The molecule has 0 spiro atoms. The summed E-state index contributed by atoms with van der Waals surface area (Å²) in [6.45, 7) is 12.0. The van der Waals surface area contributed by atoms with Crippen molar-refractivity contribution in [1.29, 1.82) is 0 Å². The second kappa shape index (κ2) is 5.86. The van der Waals surface area contributed by atoms with Crippen molar-refractivity contribution in [2.24, 2.45) is 21.7 Å². The summed E-state index contributed by atoms with van der Waals surface area (Å²) in [6, 6.07) is 0. The van der Waals surface area contributed by atoms with Crippen LogP contribution in [0.3, 0.4) is 0 Å². The number of rotatable bonds is 4. The summed E-state index contributed by atoms with van der Waals surface area (Å²) in [5, 5.41) is 20.1. The molecule has 0 amide bonds. The lowest BCUT2D eigenvalue weighted by Crippen LogP contribution is -2.57. The Balaban J connectivity index is 3.51. The summed E-state index contributed by atoms with van der Waals surface area (Å²) < 4.78 is 0. The molecule has 4 heteroatoms. The van der Waals surface area contributed by atoms with Crippen LogP contribution >= 0.6 is 0 Å². The summed E-state index contributed by atoms with van der Waals surface area (Å²) in [4.78, 5) is 24.6. The zero-order valence-corrected chi connectivity index (χ0v) is 15.0. The van der Waals surface area contributed by atoms with Gasteiger partial charge in [-0.1, -0.05) is 54.4 Å². The van der Waals surface area contributed by atoms with Gasteiger partial charge in [0.25, 0.3) is 0 Å². The van der Waals surface area contributed by atoms with Crippen LogP contribution in [0.4, 0.5) is 0 Å². The molecule has 4 nitrogen and oxygen atoms in total. The van der Waals surface area contributed by atoms with Gasteiger partial charge in [-0.2, -0.15) is 0 Å².